The van der Waals surface area contributed by atoms with E-state index >= 15 is 0 Å². The number of rotatable bonds is 7. The zero-order valence-corrected chi connectivity index (χ0v) is 11.1. The second-order valence-corrected chi connectivity index (χ2v) is 4.49. The molecule has 0 saturated carbocycles. The van der Waals surface area contributed by atoms with Crippen LogP contribution < -0.4 is 0 Å². The van der Waals surface area contributed by atoms with Crippen LogP contribution in [-0.4, -0.2) is 0 Å². The third-order valence-electron chi connectivity index (χ3n) is 3.17. The molecule has 0 fully saturated rings. The zero-order chi connectivity index (χ0) is 11.8. The normalized spacial score (nSPS) is 10.7. The summed E-state index contributed by atoms with van der Waals surface area (Å²) in [4.78, 5) is 0. The Balaban J connectivity index is 2.82. The largest absolute Gasteiger partial charge is 0.0654 e. The molecule has 0 aliphatic heterocycles. The molecule has 0 amide bonds. The van der Waals surface area contributed by atoms with E-state index in [2.05, 4.69) is 45.4 Å². The predicted octanol–water partition coefficient (Wildman–Crippen LogP) is 4.94. The lowest BCUT2D eigenvalue weighted by Gasteiger charge is -2.13. The van der Waals surface area contributed by atoms with E-state index in [0.717, 1.165) is 0 Å². The van der Waals surface area contributed by atoms with Crippen molar-refractivity contribution in [3.8, 4) is 0 Å². The summed E-state index contributed by atoms with van der Waals surface area (Å²) >= 11 is 0. The highest BCUT2D eigenvalue weighted by molar-refractivity contribution is 5.40. The maximum atomic E-state index is 2.29. The lowest BCUT2D eigenvalue weighted by molar-refractivity contribution is 0.774. The van der Waals surface area contributed by atoms with E-state index in [1.807, 2.05) is 0 Å². The average Bonchev–Trinajstić information content (AvgIpc) is 2.33. The fraction of sp³-hybridized carbons (Fsp3) is 0.562. The Morgan fingerprint density at radius 3 is 1.81 bits per heavy atom. The number of hydrogen-bond donors (Lipinski definition) is 0. The zero-order valence-electron chi connectivity index (χ0n) is 11.1. The van der Waals surface area contributed by atoms with Crippen LogP contribution in [0.4, 0.5) is 0 Å². The van der Waals surface area contributed by atoms with Gasteiger partial charge in [0.05, 0.1) is 0 Å². The van der Waals surface area contributed by atoms with Crippen LogP contribution >= 0.6 is 0 Å². The van der Waals surface area contributed by atoms with Crippen LogP contribution in [0.3, 0.4) is 0 Å². The summed E-state index contributed by atoms with van der Waals surface area (Å²) in [5, 5.41) is 0. The van der Waals surface area contributed by atoms with Crippen molar-refractivity contribution in [2.24, 2.45) is 0 Å². The summed E-state index contributed by atoms with van der Waals surface area (Å²) in [6.45, 7) is 6.69. The Morgan fingerprint density at radius 1 is 0.938 bits per heavy atom. The Labute approximate surface area is 101 Å². The first-order valence-corrected chi connectivity index (χ1v) is 6.73. The molecule has 0 nitrogen and oxygen atoms in total. The molecule has 0 heteroatoms. The van der Waals surface area contributed by atoms with Gasteiger partial charge in [-0.2, -0.15) is 0 Å². The van der Waals surface area contributed by atoms with Crippen LogP contribution in [0.1, 0.15) is 63.1 Å². The molecule has 0 saturated heterocycles. The second-order valence-electron chi connectivity index (χ2n) is 4.49. The van der Waals surface area contributed by atoms with Crippen molar-refractivity contribution in [2.45, 2.75) is 59.3 Å². The predicted molar refractivity (Wildman–Crippen MR) is 72.7 cm³/mol. The third-order valence-corrected chi connectivity index (χ3v) is 3.17. The molecule has 0 aliphatic rings. The molecule has 0 unspecified atom stereocenters. The molecule has 1 aromatic carbocycles. The molecule has 0 atom stereocenters. The van der Waals surface area contributed by atoms with Crippen molar-refractivity contribution in [2.75, 3.05) is 0 Å². The van der Waals surface area contributed by atoms with E-state index in [0.29, 0.717) is 0 Å². The monoisotopic (exact) mass is 217 g/mol. The summed E-state index contributed by atoms with van der Waals surface area (Å²) in [7, 11) is 0. The number of aryl methyl sites for hydroxylation is 2. The van der Waals surface area contributed by atoms with Crippen LogP contribution in [0, 0.1) is 6.42 Å². The lowest BCUT2D eigenvalue weighted by Crippen LogP contribution is -1.98. The van der Waals surface area contributed by atoms with Crippen molar-refractivity contribution >= 4 is 0 Å². The molecular weight excluding hydrogens is 192 g/mol. The highest BCUT2D eigenvalue weighted by atomic mass is 14.1. The second kappa shape index (κ2) is 7.49. The molecular formula is C16H25. The minimum atomic E-state index is 1.23. The van der Waals surface area contributed by atoms with Gasteiger partial charge in [0.15, 0.2) is 0 Å². The first-order chi connectivity index (χ1) is 7.83. The molecule has 0 bridgehead atoms. The van der Waals surface area contributed by atoms with E-state index in [-0.39, 0.29) is 0 Å². The van der Waals surface area contributed by atoms with Crippen molar-refractivity contribution < 1.29 is 0 Å². The van der Waals surface area contributed by atoms with E-state index < -0.39 is 0 Å². The highest BCUT2D eigenvalue weighted by Crippen LogP contribution is 2.20. The van der Waals surface area contributed by atoms with Crippen LogP contribution in [0.25, 0.3) is 0 Å². The van der Waals surface area contributed by atoms with E-state index in [4.69, 9.17) is 0 Å². The minimum Gasteiger partial charge on any atom is -0.0654 e. The van der Waals surface area contributed by atoms with Gasteiger partial charge in [0, 0.05) is 0 Å². The molecule has 0 spiro atoms. The Bertz CT molecular complexity index is 273. The summed E-state index contributed by atoms with van der Waals surface area (Å²) in [6.07, 6.45) is 9.92. The Kier molecular flexibility index (Phi) is 6.22. The maximum absolute atomic E-state index is 2.29. The van der Waals surface area contributed by atoms with Crippen LogP contribution in [0.15, 0.2) is 18.2 Å². The summed E-state index contributed by atoms with van der Waals surface area (Å²) in [5.74, 6) is 0. The molecule has 0 aromatic heterocycles. The topological polar surface area (TPSA) is 0 Å². The highest BCUT2D eigenvalue weighted by Gasteiger charge is 2.05. The SMILES string of the molecule is C[CH]c1c(CCCC)cccc1CCCC. The Hall–Kier alpha value is -0.780. The first kappa shape index (κ1) is 13.3. The van der Waals surface area contributed by atoms with Gasteiger partial charge in [-0.25, -0.2) is 0 Å². The van der Waals surface area contributed by atoms with Crippen molar-refractivity contribution in [1.29, 1.82) is 0 Å². The van der Waals surface area contributed by atoms with Gasteiger partial charge < -0.3 is 0 Å². The molecule has 0 aliphatic carbocycles. The van der Waals surface area contributed by atoms with Crippen LogP contribution in [0.2, 0.25) is 0 Å². The molecule has 1 radical (unpaired) electrons. The van der Waals surface area contributed by atoms with Crippen molar-refractivity contribution in [3.05, 3.63) is 41.3 Å². The van der Waals surface area contributed by atoms with Gasteiger partial charge in [0.1, 0.15) is 0 Å². The molecule has 89 valence electrons. The fourth-order valence-electron chi connectivity index (χ4n) is 2.21. The van der Waals surface area contributed by atoms with Crippen LogP contribution in [0.5, 0.6) is 0 Å². The van der Waals surface area contributed by atoms with Gasteiger partial charge >= 0.3 is 0 Å². The maximum Gasteiger partial charge on any atom is -0.0118 e. The van der Waals surface area contributed by atoms with E-state index in [9.17, 15) is 0 Å². The van der Waals surface area contributed by atoms with Crippen molar-refractivity contribution in [3.63, 3.8) is 0 Å². The fourth-order valence-corrected chi connectivity index (χ4v) is 2.21. The van der Waals surface area contributed by atoms with Gasteiger partial charge in [-0.3, -0.25) is 0 Å². The van der Waals surface area contributed by atoms with Gasteiger partial charge in [-0.1, -0.05) is 51.8 Å². The summed E-state index contributed by atoms with van der Waals surface area (Å²) in [6, 6.07) is 6.81. The molecule has 16 heavy (non-hydrogen) atoms. The first-order valence-electron chi connectivity index (χ1n) is 6.73. The number of hydrogen-bond acceptors (Lipinski definition) is 0. The van der Waals surface area contributed by atoms with Gasteiger partial charge in [-0.15, -0.1) is 0 Å². The van der Waals surface area contributed by atoms with Gasteiger partial charge in [0.25, 0.3) is 0 Å². The summed E-state index contributed by atoms with van der Waals surface area (Å²) < 4.78 is 0. The molecule has 0 heterocycles. The van der Waals surface area contributed by atoms with Crippen LogP contribution in [-0.2, 0) is 12.8 Å². The van der Waals surface area contributed by atoms with E-state index in [1.54, 1.807) is 0 Å². The summed E-state index contributed by atoms with van der Waals surface area (Å²) in [5.41, 5.74) is 4.58. The van der Waals surface area contributed by atoms with Gasteiger partial charge in [-0.05, 0) is 48.8 Å². The molecule has 1 aromatic rings. The minimum absolute atomic E-state index is 1.23. The van der Waals surface area contributed by atoms with Gasteiger partial charge in [0.2, 0.25) is 0 Å². The standard InChI is InChI=1S/C16H25/c1-4-7-10-14-12-9-13-15(11-8-5-2)16(14)6-3/h6,9,12-13H,4-5,7-8,10-11H2,1-3H3. The Morgan fingerprint density at radius 2 is 1.44 bits per heavy atom. The number of unbranched alkanes of at least 4 members (excludes halogenated alkanes) is 2. The smallest absolute Gasteiger partial charge is 0.0118 e. The molecule has 0 N–H and O–H groups in total. The van der Waals surface area contributed by atoms with Crippen molar-refractivity contribution in [1.82, 2.24) is 0 Å². The third kappa shape index (κ3) is 3.66. The lowest BCUT2D eigenvalue weighted by atomic mass is 9.93. The quantitative estimate of drug-likeness (QED) is 0.606. The number of benzene rings is 1. The van der Waals surface area contributed by atoms with E-state index in [1.165, 1.54) is 55.2 Å². The average molecular weight is 217 g/mol. The molecule has 1 rings (SSSR count).